The summed E-state index contributed by atoms with van der Waals surface area (Å²) in [6.45, 7) is 7.40. The summed E-state index contributed by atoms with van der Waals surface area (Å²) < 4.78 is 0. The molecule has 0 amide bonds. The number of halogens is 1. The summed E-state index contributed by atoms with van der Waals surface area (Å²) in [5.41, 5.74) is 1.42. The molecule has 0 fully saturated rings. The molecule has 20 heavy (non-hydrogen) atoms. The zero-order valence-electron chi connectivity index (χ0n) is 11.9. The van der Waals surface area contributed by atoms with Crippen LogP contribution >= 0.6 is 22.9 Å². The van der Waals surface area contributed by atoms with E-state index in [1.807, 2.05) is 17.4 Å². The number of aromatic nitrogens is 2. The topological polar surface area (TPSA) is 29.0 Å². The fourth-order valence-electron chi connectivity index (χ4n) is 2.65. The third kappa shape index (κ3) is 2.42. The van der Waals surface area contributed by atoms with Crippen LogP contribution in [0.25, 0.3) is 0 Å². The van der Waals surface area contributed by atoms with E-state index in [1.54, 1.807) is 0 Å². The highest BCUT2D eigenvalue weighted by atomic mass is 35.5. The second kappa shape index (κ2) is 5.34. The van der Waals surface area contributed by atoms with E-state index in [-0.39, 0.29) is 5.92 Å². The van der Waals surface area contributed by atoms with Crippen molar-refractivity contribution in [1.82, 2.24) is 9.97 Å². The summed E-state index contributed by atoms with van der Waals surface area (Å²) in [6, 6.07) is 4.44. The number of rotatable bonds is 2. The van der Waals surface area contributed by atoms with Crippen LogP contribution in [-0.2, 0) is 6.42 Å². The molecule has 3 heterocycles. The smallest absolute Gasteiger partial charge is 0.135 e. The standard InChI is InChI=1S/C15H18ClN3S/c1-9(2)15-17-13(16)8-14(18-15)19-6-4-12-11(10(19)3)5-7-20-12/h5,7-10H,4,6H2,1-3H3. The van der Waals surface area contributed by atoms with Crippen molar-refractivity contribution in [3.05, 3.63) is 38.9 Å². The normalized spacial score (nSPS) is 18.4. The van der Waals surface area contributed by atoms with Gasteiger partial charge in [-0.1, -0.05) is 25.4 Å². The predicted octanol–water partition coefficient (Wildman–Crippen LogP) is 4.44. The monoisotopic (exact) mass is 307 g/mol. The van der Waals surface area contributed by atoms with Gasteiger partial charge in [0.1, 0.15) is 16.8 Å². The lowest BCUT2D eigenvalue weighted by Crippen LogP contribution is -2.34. The summed E-state index contributed by atoms with van der Waals surface area (Å²) in [7, 11) is 0. The third-order valence-corrected chi connectivity index (χ3v) is 4.98. The summed E-state index contributed by atoms with van der Waals surface area (Å²) in [5, 5.41) is 2.71. The Morgan fingerprint density at radius 2 is 2.20 bits per heavy atom. The molecule has 3 nitrogen and oxygen atoms in total. The zero-order valence-corrected chi connectivity index (χ0v) is 13.5. The highest BCUT2D eigenvalue weighted by Gasteiger charge is 2.26. The first kappa shape index (κ1) is 13.8. The Morgan fingerprint density at radius 3 is 2.95 bits per heavy atom. The molecule has 0 aliphatic carbocycles. The van der Waals surface area contributed by atoms with Gasteiger partial charge in [-0.05, 0) is 30.4 Å². The summed E-state index contributed by atoms with van der Waals surface area (Å²) >= 11 is 8.02. The first-order chi connectivity index (χ1) is 9.56. The van der Waals surface area contributed by atoms with Crippen LogP contribution in [0.1, 0.15) is 49.0 Å². The van der Waals surface area contributed by atoms with Crippen LogP contribution in [0.3, 0.4) is 0 Å². The van der Waals surface area contributed by atoms with Gasteiger partial charge in [0.2, 0.25) is 0 Å². The van der Waals surface area contributed by atoms with Gasteiger partial charge in [0, 0.05) is 23.4 Å². The van der Waals surface area contributed by atoms with E-state index in [2.05, 4.69) is 42.1 Å². The predicted molar refractivity (Wildman–Crippen MR) is 84.9 cm³/mol. The van der Waals surface area contributed by atoms with Gasteiger partial charge in [-0.2, -0.15) is 0 Å². The lowest BCUT2D eigenvalue weighted by molar-refractivity contribution is 0.619. The minimum Gasteiger partial charge on any atom is -0.349 e. The zero-order chi connectivity index (χ0) is 14.3. The van der Waals surface area contributed by atoms with Gasteiger partial charge in [-0.15, -0.1) is 11.3 Å². The Balaban J connectivity index is 1.98. The van der Waals surface area contributed by atoms with Crippen LogP contribution in [0.5, 0.6) is 0 Å². The average Bonchev–Trinajstić information content (AvgIpc) is 2.87. The molecule has 2 aromatic heterocycles. The van der Waals surface area contributed by atoms with Crippen LogP contribution in [0, 0.1) is 0 Å². The Hall–Kier alpha value is -1.13. The van der Waals surface area contributed by atoms with Gasteiger partial charge in [0.25, 0.3) is 0 Å². The van der Waals surface area contributed by atoms with Gasteiger partial charge >= 0.3 is 0 Å². The highest BCUT2D eigenvalue weighted by Crippen LogP contribution is 2.36. The summed E-state index contributed by atoms with van der Waals surface area (Å²) in [5.74, 6) is 2.04. The number of fused-ring (bicyclic) bond motifs is 1. The highest BCUT2D eigenvalue weighted by molar-refractivity contribution is 7.10. The van der Waals surface area contributed by atoms with Crippen molar-refractivity contribution in [2.45, 2.75) is 39.2 Å². The van der Waals surface area contributed by atoms with E-state index >= 15 is 0 Å². The lowest BCUT2D eigenvalue weighted by atomic mass is 10.0. The van der Waals surface area contributed by atoms with Crippen molar-refractivity contribution in [2.24, 2.45) is 0 Å². The van der Waals surface area contributed by atoms with Crippen molar-refractivity contribution in [3.8, 4) is 0 Å². The minimum atomic E-state index is 0.282. The molecule has 1 atom stereocenters. The van der Waals surface area contributed by atoms with E-state index in [1.165, 1.54) is 10.4 Å². The molecule has 5 heteroatoms. The van der Waals surface area contributed by atoms with Crippen molar-refractivity contribution < 1.29 is 0 Å². The summed E-state index contributed by atoms with van der Waals surface area (Å²) in [4.78, 5) is 12.8. The maximum atomic E-state index is 6.16. The number of thiophene rings is 1. The van der Waals surface area contributed by atoms with E-state index < -0.39 is 0 Å². The molecular formula is C15H18ClN3S. The van der Waals surface area contributed by atoms with Crippen LogP contribution < -0.4 is 4.90 Å². The molecule has 1 unspecified atom stereocenters. The van der Waals surface area contributed by atoms with Crippen LogP contribution in [-0.4, -0.2) is 16.5 Å². The van der Waals surface area contributed by atoms with Gasteiger partial charge in [-0.3, -0.25) is 0 Å². The molecule has 1 aliphatic heterocycles. The molecule has 1 aliphatic rings. The first-order valence-electron chi connectivity index (χ1n) is 6.93. The second-order valence-electron chi connectivity index (χ2n) is 5.48. The van der Waals surface area contributed by atoms with Gasteiger partial charge < -0.3 is 4.90 Å². The molecule has 0 radical (unpaired) electrons. The fraction of sp³-hybridized carbons (Fsp3) is 0.467. The molecule has 0 bridgehead atoms. The molecule has 106 valence electrons. The number of hydrogen-bond acceptors (Lipinski definition) is 4. The number of hydrogen-bond donors (Lipinski definition) is 0. The molecule has 0 spiro atoms. The summed E-state index contributed by atoms with van der Waals surface area (Å²) in [6.07, 6.45) is 1.08. The quantitative estimate of drug-likeness (QED) is 0.768. The van der Waals surface area contributed by atoms with Crippen LogP contribution in [0.4, 0.5) is 5.82 Å². The molecular weight excluding hydrogens is 290 g/mol. The first-order valence-corrected chi connectivity index (χ1v) is 8.19. The molecule has 0 saturated heterocycles. The molecule has 0 N–H and O–H groups in total. The van der Waals surface area contributed by atoms with Crippen molar-refractivity contribution in [3.63, 3.8) is 0 Å². The lowest BCUT2D eigenvalue weighted by Gasteiger charge is -2.34. The maximum absolute atomic E-state index is 6.16. The largest absolute Gasteiger partial charge is 0.349 e. The Labute approximate surface area is 128 Å². The molecule has 0 saturated carbocycles. The van der Waals surface area contributed by atoms with E-state index in [9.17, 15) is 0 Å². The SMILES string of the molecule is CC(C)c1nc(Cl)cc(N2CCc3sccc3C2C)n1. The van der Waals surface area contributed by atoms with Gasteiger partial charge in [0.05, 0.1) is 6.04 Å². The van der Waals surface area contributed by atoms with Crippen molar-refractivity contribution >= 4 is 28.8 Å². The average molecular weight is 308 g/mol. The van der Waals surface area contributed by atoms with Crippen molar-refractivity contribution in [1.29, 1.82) is 0 Å². The molecule has 2 aromatic rings. The van der Waals surface area contributed by atoms with E-state index in [0.29, 0.717) is 11.2 Å². The van der Waals surface area contributed by atoms with E-state index in [4.69, 9.17) is 16.6 Å². The Morgan fingerprint density at radius 1 is 1.40 bits per heavy atom. The number of nitrogens with zero attached hydrogens (tertiary/aromatic N) is 3. The van der Waals surface area contributed by atoms with E-state index in [0.717, 1.165) is 24.6 Å². The third-order valence-electron chi connectivity index (χ3n) is 3.79. The van der Waals surface area contributed by atoms with Gasteiger partial charge in [0.15, 0.2) is 0 Å². The molecule has 0 aromatic carbocycles. The fourth-order valence-corrected chi connectivity index (χ4v) is 3.80. The Bertz CT molecular complexity index is 623. The van der Waals surface area contributed by atoms with Crippen molar-refractivity contribution in [2.75, 3.05) is 11.4 Å². The minimum absolute atomic E-state index is 0.282. The van der Waals surface area contributed by atoms with Gasteiger partial charge in [-0.25, -0.2) is 9.97 Å². The molecule has 3 rings (SSSR count). The number of anilines is 1. The maximum Gasteiger partial charge on any atom is 0.135 e. The van der Waals surface area contributed by atoms with Crippen LogP contribution in [0.15, 0.2) is 17.5 Å². The second-order valence-corrected chi connectivity index (χ2v) is 6.87. The van der Waals surface area contributed by atoms with Crippen LogP contribution in [0.2, 0.25) is 5.15 Å². The Kier molecular flexibility index (Phi) is 3.69.